The molecule has 0 radical (unpaired) electrons. The monoisotopic (exact) mass is 312 g/mol. The van der Waals surface area contributed by atoms with Crippen molar-refractivity contribution in [2.45, 2.75) is 6.92 Å². The van der Waals surface area contributed by atoms with Gasteiger partial charge in [0, 0.05) is 12.3 Å². The number of hydrazine groups is 1. The maximum absolute atomic E-state index is 11.9. The van der Waals surface area contributed by atoms with E-state index in [1.165, 1.54) is 23.4 Å². The maximum atomic E-state index is 11.9. The molecule has 0 fully saturated rings. The van der Waals surface area contributed by atoms with Gasteiger partial charge in [0.15, 0.2) is 5.76 Å². The summed E-state index contributed by atoms with van der Waals surface area (Å²) in [6, 6.07) is 7.26. The van der Waals surface area contributed by atoms with Gasteiger partial charge in [0.05, 0.1) is 12.8 Å². The zero-order valence-electron chi connectivity index (χ0n) is 12.7. The van der Waals surface area contributed by atoms with Crippen molar-refractivity contribution >= 4 is 17.9 Å². The van der Waals surface area contributed by atoms with Gasteiger partial charge < -0.3 is 9.84 Å². The fourth-order valence-electron chi connectivity index (χ4n) is 1.93. The summed E-state index contributed by atoms with van der Waals surface area (Å²) in [5.74, 6) is 1.71. The van der Waals surface area contributed by atoms with E-state index < -0.39 is 0 Å². The van der Waals surface area contributed by atoms with Crippen molar-refractivity contribution in [3.8, 4) is 5.75 Å². The molecule has 0 aromatic heterocycles. The summed E-state index contributed by atoms with van der Waals surface area (Å²) in [5.41, 5.74) is 3.76. The molecule has 1 aromatic carbocycles. The molecule has 0 spiro atoms. The summed E-state index contributed by atoms with van der Waals surface area (Å²) in [4.78, 5) is 22.6. The Hall–Kier alpha value is -3.24. The predicted molar refractivity (Wildman–Crippen MR) is 85.7 cm³/mol. The van der Waals surface area contributed by atoms with E-state index in [-0.39, 0.29) is 17.2 Å². The number of hydrogen-bond acceptors (Lipinski definition) is 5. The summed E-state index contributed by atoms with van der Waals surface area (Å²) in [5, 5.41) is 11.1. The van der Waals surface area contributed by atoms with Gasteiger partial charge in [0.2, 0.25) is 0 Å². The van der Waals surface area contributed by atoms with Gasteiger partial charge in [0.25, 0.3) is 5.91 Å². The number of nitrogens with one attached hydrogen (secondary N) is 1. The van der Waals surface area contributed by atoms with Crippen LogP contribution in [0.15, 0.2) is 59.6 Å². The SMILES string of the molecule is COc1cccc(/C=C/C(=O)NN2C=CC(=C=O)C(O)=C2C)c1. The lowest BCUT2D eigenvalue weighted by atomic mass is 10.1. The average Bonchev–Trinajstić information content (AvgIpc) is 2.57. The summed E-state index contributed by atoms with van der Waals surface area (Å²) in [6.45, 7) is 1.57. The average molecular weight is 312 g/mol. The zero-order valence-corrected chi connectivity index (χ0v) is 12.7. The van der Waals surface area contributed by atoms with E-state index in [0.29, 0.717) is 11.4 Å². The molecule has 1 aliphatic rings. The molecule has 0 saturated carbocycles. The van der Waals surface area contributed by atoms with Crippen molar-refractivity contribution in [3.05, 3.63) is 65.2 Å². The molecule has 6 heteroatoms. The molecule has 0 aliphatic carbocycles. The normalized spacial score (nSPS) is 14.2. The van der Waals surface area contributed by atoms with E-state index in [9.17, 15) is 14.7 Å². The Balaban J connectivity index is 2.05. The van der Waals surface area contributed by atoms with Crippen LogP contribution in [-0.4, -0.2) is 29.1 Å². The molecule has 0 saturated heterocycles. The second-order valence-corrected chi connectivity index (χ2v) is 4.72. The fraction of sp³-hybridized carbons (Fsp3) is 0.118. The van der Waals surface area contributed by atoms with E-state index in [4.69, 9.17) is 4.74 Å². The Labute approximate surface area is 133 Å². The number of methoxy groups -OCH3 is 1. The van der Waals surface area contributed by atoms with E-state index in [1.807, 2.05) is 18.2 Å². The first-order chi connectivity index (χ1) is 11.0. The van der Waals surface area contributed by atoms with Crippen LogP contribution in [0.4, 0.5) is 0 Å². The Morgan fingerprint density at radius 3 is 2.91 bits per heavy atom. The predicted octanol–water partition coefficient (Wildman–Crippen LogP) is 2.12. The Kier molecular flexibility index (Phi) is 5.02. The third kappa shape index (κ3) is 3.90. The molecule has 2 rings (SSSR count). The molecule has 23 heavy (non-hydrogen) atoms. The highest BCUT2D eigenvalue weighted by Crippen LogP contribution is 2.19. The molecular weight excluding hydrogens is 296 g/mol. The lowest BCUT2D eigenvalue weighted by molar-refractivity contribution is -0.119. The Morgan fingerprint density at radius 1 is 1.43 bits per heavy atom. The van der Waals surface area contributed by atoms with E-state index in [2.05, 4.69) is 5.43 Å². The third-order valence-electron chi connectivity index (χ3n) is 3.21. The first-order valence-corrected chi connectivity index (χ1v) is 6.80. The molecule has 0 atom stereocenters. The van der Waals surface area contributed by atoms with Crippen molar-refractivity contribution in [1.29, 1.82) is 0 Å². The molecule has 1 heterocycles. The van der Waals surface area contributed by atoms with Gasteiger partial charge >= 0.3 is 0 Å². The van der Waals surface area contributed by atoms with Crippen molar-refractivity contribution in [3.63, 3.8) is 0 Å². The number of nitrogens with zero attached hydrogens (tertiary/aromatic N) is 1. The summed E-state index contributed by atoms with van der Waals surface area (Å²) >= 11 is 0. The Morgan fingerprint density at radius 2 is 2.22 bits per heavy atom. The number of carbonyl (C=O) groups is 1. The number of ether oxygens (including phenoxy) is 1. The second kappa shape index (κ2) is 7.15. The minimum atomic E-state index is -0.386. The number of allylic oxidation sites excluding steroid dienone is 2. The minimum absolute atomic E-state index is 0.0416. The number of rotatable bonds is 4. The first-order valence-electron chi connectivity index (χ1n) is 6.80. The molecule has 118 valence electrons. The zero-order chi connectivity index (χ0) is 16.8. The van der Waals surface area contributed by atoms with Gasteiger partial charge in [-0.3, -0.25) is 15.2 Å². The van der Waals surface area contributed by atoms with Crippen LogP contribution in [-0.2, 0) is 9.59 Å². The van der Waals surface area contributed by atoms with Gasteiger partial charge in [-0.15, -0.1) is 0 Å². The lowest BCUT2D eigenvalue weighted by Gasteiger charge is -2.24. The number of aliphatic hydroxyl groups is 1. The molecule has 1 amide bonds. The van der Waals surface area contributed by atoms with Crippen molar-refractivity contribution in [2.24, 2.45) is 0 Å². The second-order valence-electron chi connectivity index (χ2n) is 4.72. The summed E-state index contributed by atoms with van der Waals surface area (Å²) < 4.78 is 5.11. The van der Waals surface area contributed by atoms with Crippen LogP contribution in [0.5, 0.6) is 5.75 Å². The van der Waals surface area contributed by atoms with Crippen molar-refractivity contribution < 1.29 is 19.4 Å². The van der Waals surface area contributed by atoms with Crippen LogP contribution in [0.2, 0.25) is 0 Å². The van der Waals surface area contributed by atoms with E-state index in [1.54, 1.807) is 32.1 Å². The largest absolute Gasteiger partial charge is 0.505 e. The summed E-state index contributed by atoms with van der Waals surface area (Å²) in [6.07, 6.45) is 5.83. The maximum Gasteiger partial charge on any atom is 0.262 e. The number of aliphatic hydroxyl groups excluding tert-OH is 1. The van der Waals surface area contributed by atoms with Crippen LogP contribution in [0.1, 0.15) is 12.5 Å². The molecule has 2 N–H and O–H groups in total. The molecule has 1 aromatic rings. The highest BCUT2D eigenvalue weighted by molar-refractivity contribution is 5.91. The molecular formula is C17H16N2O4. The molecule has 1 aliphatic heterocycles. The van der Waals surface area contributed by atoms with Crippen molar-refractivity contribution in [2.75, 3.05) is 7.11 Å². The minimum Gasteiger partial charge on any atom is -0.505 e. The molecule has 6 nitrogen and oxygen atoms in total. The van der Waals surface area contributed by atoms with Crippen LogP contribution in [0.25, 0.3) is 6.08 Å². The van der Waals surface area contributed by atoms with Crippen LogP contribution in [0.3, 0.4) is 0 Å². The number of benzene rings is 1. The number of amides is 1. The fourth-order valence-corrected chi connectivity index (χ4v) is 1.93. The van der Waals surface area contributed by atoms with E-state index >= 15 is 0 Å². The summed E-state index contributed by atoms with van der Waals surface area (Å²) in [7, 11) is 1.57. The highest BCUT2D eigenvalue weighted by Gasteiger charge is 2.17. The van der Waals surface area contributed by atoms with Crippen molar-refractivity contribution in [1.82, 2.24) is 10.4 Å². The lowest BCUT2D eigenvalue weighted by Crippen LogP contribution is -2.38. The Bertz CT molecular complexity index is 756. The third-order valence-corrected chi connectivity index (χ3v) is 3.21. The van der Waals surface area contributed by atoms with Gasteiger partial charge in [0.1, 0.15) is 17.3 Å². The topological polar surface area (TPSA) is 78.9 Å². The number of carbonyl (C=O) groups excluding carboxylic acids is 2. The van der Waals surface area contributed by atoms with E-state index in [0.717, 1.165) is 5.56 Å². The van der Waals surface area contributed by atoms with Gasteiger partial charge in [-0.05, 0) is 36.8 Å². The standard InChI is InChI=1S/C17H16N2O4/c1-12-17(22)14(11-20)8-9-19(12)18-16(21)7-6-13-4-3-5-15(10-13)23-2/h3-10,22H,1-2H3,(H,18,21)/b7-6+. The van der Waals surface area contributed by atoms with Gasteiger partial charge in [-0.1, -0.05) is 12.1 Å². The molecule has 0 bridgehead atoms. The quantitative estimate of drug-likeness (QED) is 0.657. The van der Waals surface area contributed by atoms with Gasteiger partial charge in [-0.25, -0.2) is 4.79 Å². The highest BCUT2D eigenvalue weighted by atomic mass is 16.5. The van der Waals surface area contributed by atoms with Gasteiger partial charge in [-0.2, -0.15) is 0 Å². The molecule has 0 unspecified atom stereocenters. The number of hydrogen-bond donors (Lipinski definition) is 2. The van der Waals surface area contributed by atoms with Crippen LogP contribution < -0.4 is 10.2 Å². The smallest absolute Gasteiger partial charge is 0.262 e. The first kappa shape index (κ1) is 16.1. The van der Waals surface area contributed by atoms with Crippen LogP contribution in [0, 0.1) is 0 Å². The van der Waals surface area contributed by atoms with Crippen LogP contribution >= 0.6 is 0 Å².